The number of nitrogens with one attached hydrogen (secondary N) is 2. The molecule has 0 heterocycles. The Labute approximate surface area is 162 Å². The Balaban J connectivity index is 1.34. The summed E-state index contributed by atoms with van der Waals surface area (Å²) in [5, 5.41) is 2.93. The number of carbonyl (C=O) groups is 1. The van der Waals surface area contributed by atoms with Gasteiger partial charge < -0.3 is 10.1 Å². The van der Waals surface area contributed by atoms with Crippen molar-refractivity contribution >= 4 is 15.9 Å². The van der Waals surface area contributed by atoms with E-state index in [-0.39, 0.29) is 23.8 Å². The highest BCUT2D eigenvalue weighted by Crippen LogP contribution is 2.49. The number of benzene rings is 1. The molecule has 3 unspecified atom stereocenters. The van der Waals surface area contributed by atoms with Crippen LogP contribution >= 0.6 is 0 Å². The van der Waals surface area contributed by atoms with Crippen molar-refractivity contribution in [2.75, 3.05) is 19.7 Å². The Morgan fingerprint density at radius 2 is 1.93 bits per heavy atom. The number of sulfonamides is 1. The summed E-state index contributed by atoms with van der Waals surface area (Å²) in [6.07, 6.45) is 6.64. The lowest BCUT2D eigenvalue weighted by Gasteiger charge is -2.21. The molecule has 0 radical (unpaired) electrons. The molecular formula is C20H30N2O4S. The maximum Gasteiger partial charge on any atom is 0.240 e. The van der Waals surface area contributed by atoms with E-state index in [2.05, 4.69) is 10.0 Å². The molecule has 0 aromatic heterocycles. The van der Waals surface area contributed by atoms with Crippen LogP contribution < -0.4 is 14.8 Å². The summed E-state index contributed by atoms with van der Waals surface area (Å²) < 4.78 is 32.3. The Morgan fingerprint density at radius 3 is 2.56 bits per heavy atom. The monoisotopic (exact) mass is 394 g/mol. The summed E-state index contributed by atoms with van der Waals surface area (Å²) >= 11 is 0. The maximum atomic E-state index is 12.3. The Morgan fingerprint density at radius 1 is 1.15 bits per heavy atom. The number of amides is 1. The standard InChI is InChI=1S/C20H30N2O4S/c1-2-26-18-5-7-19(8-6-18)27(24,25)22-12-10-20(23)21-11-9-17-14-15-3-4-16(17)13-15/h5-8,15-17,22H,2-4,9-14H2,1H3,(H,21,23). The molecule has 150 valence electrons. The van der Waals surface area contributed by atoms with Crippen LogP contribution in [0.4, 0.5) is 0 Å². The van der Waals surface area contributed by atoms with E-state index in [0.29, 0.717) is 18.9 Å². The van der Waals surface area contributed by atoms with Crippen molar-refractivity contribution in [1.82, 2.24) is 10.0 Å². The van der Waals surface area contributed by atoms with Gasteiger partial charge in [-0.2, -0.15) is 0 Å². The van der Waals surface area contributed by atoms with Gasteiger partial charge in [-0.25, -0.2) is 13.1 Å². The second-order valence-corrected chi connectivity index (χ2v) is 9.39. The molecule has 3 atom stereocenters. The van der Waals surface area contributed by atoms with E-state index >= 15 is 0 Å². The van der Waals surface area contributed by atoms with Crippen LogP contribution in [0.5, 0.6) is 5.75 Å². The summed E-state index contributed by atoms with van der Waals surface area (Å²) in [5.41, 5.74) is 0. The van der Waals surface area contributed by atoms with Gasteiger partial charge in [-0.05, 0) is 74.6 Å². The van der Waals surface area contributed by atoms with Crippen LogP contribution in [0.15, 0.2) is 29.2 Å². The van der Waals surface area contributed by atoms with Gasteiger partial charge in [0.05, 0.1) is 11.5 Å². The summed E-state index contributed by atoms with van der Waals surface area (Å²) in [6, 6.07) is 6.26. The highest BCUT2D eigenvalue weighted by Gasteiger charge is 2.38. The summed E-state index contributed by atoms with van der Waals surface area (Å²) in [7, 11) is -3.61. The van der Waals surface area contributed by atoms with Gasteiger partial charge in [-0.15, -0.1) is 0 Å². The predicted octanol–water partition coefficient (Wildman–Crippen LogP) is 2.70. The number of ether oxygens (including phenoxy) is 1. The van der Waals surface area contributed by atoms with Crippen LogP contribution in [0.3, 0.4) is 0 Å². The van der Waals surface area contributed by atoms with Crippen molar-refractivity contribution in [1.29, 1.82) is 0 Å². The van der Waals surface area contributed by atoms with Gasteiger partial charge in [-0.3, -0.25) is 4.79 Å². The van der Waals surface area contributed by atoms with Crippen LogP contribution in [0.2, 0.25) is 0 Å². The molecule has 0 saturated heterocycles. The molecule has 2 bridgehead atoms. The van der Waals surface area contributed by atoms with Crippen LogP contribution in [-0.4, -0.2) is 34.0 Å². The number of carbonyl (C=O) groups excluding carboxylic acids is 1. The Kier molecular flexibility index (Phi) is 6.76. The van der Waals surface area contributed by atoms with E-state index < -0.39 is 10.0 Å². The van der Waals surface area contributed by atoms with Crippen molar-refractivity contribution < 1.29 is 17.9 Å². The fraction of sp³-hybridized carbons (Fsp3) is 0.650. The minimum absolute atomic E-state index is 0.0928. The van der Waals surface area contributed by atoms with Crippen molar-refractivity contribution in [2.24, 2.45) is 17.8 Å². The first-order valence-electron chi connectivity index (χ1n) is 9.97. The van der Waals surface area contributed by atoms with Crippen molar-refractivity contribution in [2.45, 2.75) is 50.3 Å². The van der Waals surface area contributed by atoms with Gasteiger partial charge in [0.15, 0.2) is 0 Å². The van der Waals surface area contributed by atoms with Crippen LogP contribution in [0.1, 0.15) is 45.4 Å². The average Bonchev–Trinajstić information content (AvgIpc) is 3.25. The van der Waals surface area contributed by atoms with E-state index in [1.165, 1.54) is 37.8 Å². The van der Waals surface area contributed by atoms with Crippen LogP contribution in [0.25, 0.3) is 0 Å². The van der Waals surface area contributed by atoms with E-state index in [1.54, 1.807) is 12.1 Å². The summed E-state index contributed by atoms with van der Waals surface area (Å²) in [4.78, 5) is 12.1. The lowest BCUT2D eigenvalue weighted by Crippen LogP contribution is -2.32. The number of hydrogen-bond donors (Lipinski definition) is 2. The van der Waals surface area contributed by atoms with Gasteiger partial charge >= 0.3 is 0 Å². The number of rotatable bonds is 10. The first-order valence-corrected chi connectivity index (χ1v) is 11.5. The van der Waals surface area contributed by atoms with Gasteiger partial charge in [0.1, 0.15) is 5.75 Å². The molecule has 2 N–H and O–H groups in total. The lowest BCUT2D eigenvalue weighted by atomic mass is 9.86. The zero-order chi connectivity index (χ0) is 19.3. The molecule has 1 aromatic carbocycles. The third kappa shape index (κ3) is 5.45. The zero-order valence-corrected chi connectivity index (χ0v) is 16.8. The third-order valence-electron chi connectivity index (χ3n) is 5.81. The number of hydrogen-bond acceptors (Lipinski definition) is 4. The normalized spacial score (nSPS) is 24.1. The second-order valence-electron chi connectivity index (χ2n) is 7.63. The molecule has 2 saturated carbocycles. The van der Waals surface area contributed by atoms with Gasteiger partial charge in [0, 0.05) is 19.5 Å². The van der Waals surface area contributed by atoms with Gasteiger partial charge in [0.2, 0.25) is 15.9 Å². The molecule has 1 amide bonds. The van der Waals surface area contributed by atoms with E-state index in [1.807, 2.05) is 6.92 Å². The average molecular weight is 395 g/mol. The Bertz CT molecular complexity index is 733. The van der Waals surface area contributed by atoms with Crippen molar-refractivity contribution in [3.05, 3.63) is 24.3 Å². The maximum absolute atomic E-state index is 12.3. The Hall–Kier alpha value is -1.60. The highest BCUT2D eigenvalue weighted by atomic mass is 32.2. The first-order chi connectivity index (χ1) is 13.0. The fourth-order valence-corrected chi connectivity index (χ4v) is 5.51. The molecule has 1 aromatic rings. The molecule has 2 aliphatic carbocycles. The van der Waals surface area contributed by atoms with Gasteiger partial charge in [0.25, 0.3) is 0 Å². The molecule has 3 rings (SSSR count). The highest BCUT2D eigenvalue weighted by molar-refractivity contribution is 7.89. The van der Waals surface area contributed by atoms with E-state index in [4.69, 9.17) is 4.74 Å². The van der Waals surface area contributed by atoms with Gasteiger partial charge in [-0.1, -0.05) is 6.42 Å². The molecule has 0 aliphatic heterocycles. The third-order valence-corrected chi connectivity index (χ3v) is 7.29. The van der Waals surface area contributed by atoms with E-state index in [9.17, 15) is 13.2 Å². The molecular weight excluding hydrogens is 364 g/mol. The molecule has 0 spiro atoms. The smallest absolute Gasteiger partial charge is 0.240 e. The van der Waals surface area contributed by atoms with Crippen molar-refractivity contribution in [3.8, 4) is 5.75 Å². The largest absolute Gasteiger partial charge is 0.494 e. The molecule has 2 fully saturated rings. The fourth-order valence-electron chi connectivity index (χ4n) is 4.48. The summed E-state index contributed by atoms with van der Waals surface area (Å²) in [5.74, 6) is 3.08. The minimum Gasteiger partial charge on any atom is -0.494 e. The second kappa shape index (κ2) is 9.06. The lowest BCUT2D eigenvalue weighted by molar-refractivity contribution is -0.120. The van der Waals surface area contributed by atoms with Crippen LogP contribution in [-0.2, 0) is 14.8 Å². The van der Waals surface area contributed by atoms with E-state index in [0.717, 1.165) is 24.2 Å². The molecule has 7 heteroatoms. The summed E-state index contributed by atoms with van der Waals surface area (Å²) in [6.45, 7) is 3.18. The SMILES string of the molecule is CCOc1ccc(S(=O)(=O)NCCC(=O)NCCC2CC3CCC2C3)cc1. The molecule has 27 heavy (non-hydrogen) atoms. The first kappa shape index (κ1) is 20.1. The van der Waals surface area contributed by atoms with Crippen LogP contribution in [0, 0.1) is 17.8 Å². The van der Waals surface area contributed by atoms with Crippen molar-refractivity contribution in [3.63, 3.8) is 0 Å². The number of fused-ring (bicyclic) bond motifs is 2. The quantitative estimate of drug-likeness (QED) is 0.639. The molecule has 6 nitrogen and oxygen atoms in total. The predicted molar refractivity (Wildman–Crippen MR) is 104 cm³/mol. The minimum atomic E-state index is -3.61. The zero-order valence-electron chi connectivity index (χ0n) is 15.9. The molecule has 2 aliphatic rings. The topological polar surface area (TPSA) is 84.5 Å².